The minimum atomic E-state index is -0.535. The molecule has 0 aromatic carbocycles. The van der Waals surface area contributed by atoms with Crippen LogP contribution >= 0.6 is 11.8 Å². The highest BCUT2D eigenvalue weighted by molar-refractivity contribution is 7.99. The van der Waals surface area contributed by atoms with Gasteiger partial charge in [-0.3, -0.25) is 0 Å². The van der Waals surface area contributed by atoms with Gasteiger partial charge in [0.05, 0.1) is 5.75 Å². The van der Waals surface area contributed by atoms with E-state index in [9.17, 15) is 0 Å². The topological polar surface area (TPSA) is 57.4 Å². The highest BCUT2D eigenvalue weighted by Crippen LogP contribution is 2.31. The van der Waals surface area contributed by atoms with E-state index < -0.39 is 6.29 Å². The lowest BCUT2D eigenvalue weighted by molar-refractivity contribution is -0.155. The van der Waals surface area contributed by atoms with E-state index in [2.05, 4.69) is 10.1 Å². The Morgan fingerprint density at radius 3 is 2.58 bits per heavy atom. The van der Waals surface area contributed by atoms with Crippen LogP contribution in [-0.2, 0) is 15.2 Å². The molecule has 1 aromatic heterocycles. The fourth-order valence-corrected chi connectivity index (χ4v) is 3.33. The van der Waals surface area contributed by atoms with Gasteiger partial charge >= 0.3 is 0 Å². The molecule has 1 saturated carbocycles. The zero-order valence-electron chi connectivity index (χ0n) is 11.6. The maximum absolute atomic E-state index is 5.43. The second kappa shape index (κ2) is 7.87. The number of hydrogen-bond acceptors (Lipinski definition) is 6. The Kier molecular flexibility index (Phi) is 6.13. The van der Waals surface area contributed by atoms with Crippen LogP contribution in [0, 0.1) is 0 Å². The second-order valence-corrected chi connectivity index (χ2v) is 5.80. The maximum Gasteiger partial charge on any atom is 0.283 e. The van der Waals surface area contributed by atoms with Crippen LogP contribution in [0.2, 0.25) is 0 Å². The van der Waals surface area contributed by atoms with Gasteiger partial charge in [-0.1, -0.05) is 18.0 Å². The lowest BCUT2D eigenvalue weighted by Crippen LogP contribution is -2.09. The van der Waals surface area contributed by atoms with Gasteiger partial charge < -0.3 is 14.0 Å². The summed E-state index contributed by atoms with van der Waals surface area (Å²) in [5.74, 6) is 1.96. The lowest BCUT2D eigenvalue weighted by atomic mass is 10.4. The van der Waals surface area contributed by atoms with Gasteiger partial charge in [0.15, 0.2) is 5.82 Å². The molecule has 19 heavy (non-hydrogen) atoms. The first-order valence-corrected chi connectivity index (χ1v) is 8.05. The zero-order valence-corrected chi connectivity index (χ0v) is 12.4. The first-order valence-electron chi connectivity index (χ1n) is 7.00. The predicted octanol–water partition coefficient (Wildman–Crippen LogP) is 3.32. The summed E-state index contributed by atoms with van der Waals surface area (Å²) >= 11 is 1.92. The third-order valence-corrected chi connectivity index (χ3v) is 4.44. The first kappa shape index (κ1) is 14.8. The van der Waals surface area contributed by atoms with E-state index in [0.717, 1.165) is 16.8 Å². The molecule has 0 radical (unpaired) electrons. The van der Waals surface area contributed by atoms with Crippen LogP contribution in [0.4, 0.5) is 0 Å². The van der Waals surface area contributed by atoms with Crippen molar-refractivity contribution in [1.82, 2.24) is 10.1 Å². The summed E-state index contributed by atoms with van der Waals surface area (Å²) in [4.78, 5) is 4.36. The monoisotopic (exact) mass is 286 g/mol. The van der Waals surface area contributed by atoms with Gasteiger partial charge in [-0.05, 0) is 26.7 Å². The summed E-state index contributed by atoms with van der Waals surface area (Å²) in [6, 6.07) is 0. The Bertz CT molecular complexity index is 361. The molecule has 1 aromatic rings. The lowest BCUT2D eigenvalue weighted by Gasteiger charge is -2.11. The zero-order chi connectivity index (χ0) is 13.5. The fraction of sp³-hybridized carbons (Fsp3) is 0.846. The van der Waals surface area contributed by atoms with Crippen molar-refractivity contribution < 1.29 is 14.0 Å². The smallest absolute Gasteiger partial charge is 0.283 e. The van der Waals surface area contributed by atoms with E-state index in [0.29, 0.717) is 19.1 Å². The molecule has 0 amide bonds. The molecule has 0 saturated heterocycles. The third kappa shape index (κ3) is 4.47. The number of thioether (sulfide) groups is 1. The molecule has 1 fully saturated rings. The van der Waals surface area contributed by atoms with Gasteiger partial charge in [0.2, 0.25) is 6.29 Å². The highest BCUT2D eigenvalue weighted by atomic mass is 32.2. The molecule has 6 heteroatoms. The number of nitrogens with zero attached hydrogens (tertiary/aromatic N) is 2. The van der Waals surface area contributed by atoms with E-state index in [1.807, 2.05) is 25.6 Å². The minimum absolute atomic E-state index is 0.422. The van der Waals surface area contributed by atoms with Gasteiger partial charge in [0.1, 0.15) is 0 Å². The average molecular weight is 286 g/mol. The van der Waals surface area contributed by atoms with Crippen molar-refractivity contribution in [2.24, 2.45) is 0 Å². The number of rotatable bonds is 8. The molecule has 1 aliphatic rings. The quantitative estimate of drug-likeness (QED) is 0.683. The molecule has 108 valence electrons. The van der Waals surface area contributed by atoms with Crippen molar-refractivity contribution in [3.63, 3.8) is 0 Å². The highest BCUT2D eigenvalue weighted by Gasteiger charge is 2.21. The average Bonchev–Trinajstić information content (AvgIpc) is 3.07. The van der Waals surface area contributed by atoms with Gasteiger partial charge in [-0.2, -0.15) is 16.7 Å². The van der Waals surface area contributed by atoms with Crippen molar-refractivity contribution in [3.8, 4) is 0 Å². The fourth-order valence-electron chi connectivity index (χ4n) is 2.16. The van der Waals surface area contributed by atoms with E-state index in [1.54, 1.807) is 0 Å². The molecule has 0 aliphatic heterocycles. The molecule has 1 heterocycles. The minimum Gasteiger partial charge on any atom is -0.345 e. The summed E-state index contributed by atoms with van der Waals surface area (Å²) < 4.78 is 16.1. The van der Waals surface area contributed by atoms with E-state index >= 15 is 0 Å². The Hall–Kier alpha value is -0.590. The normalized spacial score (nSPS) is 16.6. The molecule has 1 aliphatic carbocycles. The van der Waals surface area contributed by atoms with Crippen LogP contribution in [0.25, 0.3) is 0 Å². The van der Waals surface area contributed by atoms with E-state index in [1.165, 1.54) is 25.7 Å². The van der Waals surface area contributed by atoms with Crippen LogP contribution in [0.1, 0.15) is 57.5 Å². The SMILES string of the molecule is CCOC(OCC)c1nc(CSC2CCCC2)no1. The summed E-state index contributed by atoms with van der Waals surface area (Å²) in [5, 5.41) is 4.76. The third-order valence-electron chi connectivity index (χ3n) is 3.07. The summed E-state index contributed by atoms with van der Waals surface area (Å²) in [5.41, 5.74) is 0. The molecule has 0 spiro atoms. The van der Waals surface area contributed by atoms with Gasteiger partial charge in [0.25, 0.3) is 5.89 Å². The van der Waals surface area contributed by atoms with Crippen molar-refractivity contribution in [2.75, 3.05) is 13.2 Å². The van der Waals surface area contributed by atoms with Crippen LogP contribution in [0.5, 0.6) is 0 Å². The summed E-state index contributed by atoms with van der Waals surface area (Å²) in [6.07, 6.45) is 4.80. The standard InChI is InChI=1S/C13H22N2O3S/c1-3-16-13(17-4-2)12-14-11(15-18-12)9-19-10-7-5-6-8-10/h10,13H,3-9H2,1-2H3. The van der Waals surface area contributed by atoms with E-state index in [-0.39, 0.29) is 0 Å². The van der Waals surface area contributed by atoms with Crippen LogP contribution in [0.15, 0.2) is 4.52 Å². The molecular formula is C13H22N2O3S. The molecular weight excluding hydrogens is 264 g/mol. The molecule has 2 rings (SSSR count). The van der Waals surface area contributed by atoms with Crippen LogP contribution in [0.3, 0.4) is 0 Å². The maximum atomic E-state index is 5.43. The predicted molar refractivity (Wildman–Crippen MR) is 73.8 cm³/mol. The van der Waals surface area contributed by atoms with Gasteiger partial charge in [0, 0.05) is 18.5 Å². The van der Waals surface area contributed by atoms with Crippen molar-refractivity contribution in [1.29, 1.82) is 0 Å². The molecule has 0 N–H and O–H groups in total. The second-order valence-electron chi connectivity index (χ2n) is 4.51. The number of ether oxygens (including phenoxy) is 2. The number of hydrogen-bond donors (Lipinski definition) is 0. The van der Waals surface area contributed by atoms with Gasteiger partial charge in [-0.25, -0.2) is 0 Å². The van der Waals surface area contributed by atoms with Crippen molar-refractivity contribution >= 4 is 11.8 Å². The largest absolute Gasteiger partial charge is 0.345 e. The van der Waals surface area contributed by atoms with Crippen molar-refractivity contribution in [3.05, 3.63) is 11.7 Å². The van der Waals surface area contributed by atoms with E-state index in [4.69, 9.17) is 14.0 Å². The van der Waals surface area contributed by atoms with Crippen molar-refractivity contribution in [2.45, 2.75) is 56.8 Å². The summed E-state index contributed by atoms with van der Waals surface area (Å²) in [7, 11) is 0. The first-order chi connectivity index (χ1) is 9.33. The molecule has 5 nitrogen and oxygen atoms in total. The molecule has 0 atom stereocenters. The Labute approximate surface area is 118 Å². The Morgan fingerprint density at radius 1 is 1.26 bits per heavy atom. The Morgan fingerprint density at radius 2 is 1.95 bits per heavy atom. The molecule has 0 bridgehead atoms. The molecule has 0 unspecified atom stereocenters. The number of aromatic nitrogens is 2. The van der Waals surface area contributed by atoms with Crippen LogP contribution < -0.4 is 0 Å². The Balaban J connectivity index is 1.85. The van der Waals surface area contributed by atoms with Gasteiger partial charge in [-0.15, -0.1) is 0 Å². The summed E-state index contributed by atoms with van der Waals surface area (Å²) in [6.45, 7) is 4.94. The van der Waals surface area contributed by atoms with Crippen LogP contribution in [-0.4, -0.2) is 28.6 Å².